The molecule has 1 aromatic carbocycles. The van der Waals surface area contributed by atoms with E-state index in [4.69, 9.17) is 0 Å². The van der Waals surface area contributed by atoms with Crippen LogP contribution in [0.15, 0.2) is 30.8 Å². The minimum atomic E-state index is -8.68. The van der Waals surface area contributed by atoms with Crippen molar-refractivity contribution in [1.29, 1.82) is 0 Å². The van der Waals surface area contributed by atoms with Crippen molar-refractivity contribution in [3.05, 3.63) is 36.4 Å². The van der Waals surface area contributed by atoms with Crippen molar-refractivity contribution in [1.82, 2.24) is 0 Å². The van der Waals surface area contributed by atoms with Crippen molar-refractivity contribution >= 4 is 6.08 Å². The van der Waals surface area contributed by atoms with Crippen molar-refractivity contribution < 1.29 is 79.4 Å². The molecule has 0 aliphatic rings. The normalized spacial score (nSPS) is 15.3. The van der Waals surface area contributed by atoms with Crippen LogP contribution in [0, 0.1) is 0 Å². The minimum absolute atomic E-state index is 0.323. The zero-order valence-electron chi connectivity index (χ0n) is 15.4. The monoisotopic (exact) mass is 538 g/mol. The highest BCUT2D eigenvalue weighted by Crippen LogP contribution is 2.64. The molecule has 0 atom stereocenters. The van der Waals surface area contributed by atoms with E-state index in [1.807, 2.05) is 0 Å². The zero-order chi connectivity index (χ0) is 27.4. The summed E-state index contributed by atoms with van der Waals surface area (Å²) in [5, 5.41) is 0. The Morgan fingerprint density at radius 1 is 0.529 bits per heavy atom. The molecule has 34 heavy (non-hydrogen) atoms. The highest BCUT2D eigenvalue weighted by molar-refractivity contribution is 5.55. The average Bonchev–Trinajstić information content (AvgIpc) is 2.66. The second-order valence-electron chi connectivity index (χ2n) is 6.30. The van der Waals surface area contributed by atoms with Crippen LogP contribution in [0.25, 0.3) is 6.08 Å². The summed E-state index contributed by atoms with van der Waals surface area (Å²) >= 11 is 0. The Morgan fingerprint density at radius 3 is 1.26 bits per heavy atom. The molecule has 0 aliphatic carbocycles. The topological polar surface area (TPSA) is 9.23 Å². The second kappa shape index (κ2) is 8.07. The molecule has 1 nitrogen and oxygen atoms in total. The van der Waals surface area contributed by atoms with E-state index in [9.17, 15) is 74.6 Å². The lowest BCUT2D eigenvalue weighted by molar-refractivity contribution is -0.471. The molecule has 0 saturated heterocycles. The van der Waals surface area contributed by atoms with Gasteiger partial charge in [0.15, 0.2) is 0 Å². The van der Waals surface area contributed by atoms with Gasteiger partial charge in [0.1, 0.15) is 5.75 Å². The van der Waals surface area contributed by atoms with Crippen LogP contribution in [0.3, 0.4) is 0 Å². The molecule has 0 radical (unpaired) electrons. The van der Waals surface area contributed by atoms with Gasteiger partial charge in [-0.2, -0.15) is 74.6 Å². The largest absolute Gasteiger partial charge is 0.471 e. The molecular weight excluding hydrogens is 531 g/mol. The van der Waals surface area contributed by atoms with E-state index in [1.54, 1.807) is 0 Å². The SMILES string of the molecule is C=Cc1ccccc1OC(F)(F)C(F)(F)C(F)(F)C(F)(F)C(F)(F)C(F)(F)C(F)(F)C(F)(F)F. The minimum Gasteiger partial charge on any atom is -0.427 e. The van der Waals surface area contributed by atoms with Crippen LogP contribution in [-0.2, 0) is 0 Å². The fourth-order valence-electron chi connectivity index (χ4n) is 2.09. The van der Waals surface area contributed by atoms with Gasteiger partial charge in [0.05, 0.1) is 0 Å². The van der Waals surface area contributed by atoms with E-state index in [2.05, 4.69) is 11.3 Å². The summed E-state index contributed by atoms with van der Waals surface area (Å²) in [5.74, 6) is -51.9. The van der Waals surface area contributed by atoms with Crippen molar-refractivity contribution in [2.24, 2.45) is 0 Å². The summed E-state index contributed by atoms with van der Waals surface area (Å²) < 4.78 is 227. The van der Waals surface area contributed by atoms with E-state index in [1.165, 1.54) is 0 Å². The van der Waals surface area contributed by atoms with Crippen LogP contribution in [0.2, 0.25) is 0 Å². The number of halogens is 17. The van der Waals surface area contributed by atoms with Crippen molar-refractivity contribution in [3.63, 3.8) is 0 Å². The van der Waals surface area contributed by atoms with Crippen molar-refractivity contribution in [3.8, 4) is 5.75 Å². The van der Waals surface area contributed by atoms with Crippen molar-refractivity contribution in [2.75, 3.05) is 0 Å². The third kappa shape index (κ3) is 3.91. The molecule has 0 bridgehead atoms. The lowest BCUT2D eigenvalue weighted by atomic mass is 9.90. The maximum absolute atomic E-state index is 13.8. The van der Waals surface area contributed by atoms with Gasteiger partial charge in [-0.15, -0.1) is 0 Å². The van der Waals surface area contributed by atoms with Gasteiger partial charge in [-0.3, -0.25) is 0 Å². The molecule has 0 aliphatic heterocycles. The Bertz CT molecular complexity index is 899. The van der Waals surface area contributed by atoms with Crippen LogP contribution in [-0.4, -0.2) is 47.8 Å². The number of benzene rings is 1. The predicted molar refractivity (Wildman–Crippen MR) is 77.8 cm³/mol. The van der Waals surface area contributed by atoms with Gasteiger partial charge in [0.2, 0.25) is 0 Å². The van der Waals surface area contributed by atoms with E-state index in [0.29, 0.717) is 12.1 Å². The van der Waals surface area contributed by atoms with E-state index in [0.717, 1.165) is 18.2 Å². The summed E-state index contributed by atoms with van der Waals surface area (Å²) in [7, 11) is 0. The average molecular weight is 538 g/mol. The molecule has 0 spiro atoms. The smallest absolute Gasteiger partial charge is 0.427 e. The third-order valence-electron chi connectivity index (χ3n) is 4.07. The molecule has 0 heterocycles. The van der Waals surface area contributed by atoms with Crippen LogP contribution >= 0.6 is 0 Å². The lowest BCUT2D eigenvalue weighted by Crippen LogP contribution is -2.74. The van der Waals surface area contributed by atoms with E-state index < -0.39 is 59.1 Å². The fourth-order valence-corrected chi connectivity index (χ4v) is 2.09. The van der Waals surface area contributed by atoms with Gasteiger partial charge >= 0.3 is 47.8 Å². The molecule has 0 fully saturated rings. The van der Waals surface area contributed by atoms with Gasteiger partial charge in [0, 0.05) is 5.56 Å². The highest BCUT2D eigenvalue weighted by Gasteiger charge is 2.95. The van der Waals surface area contributed by atoms with Gasteiger partial charge in [0.25, 0.3) is 0 Å². The summed E-state index contributed by atoms with van der Waals surface area (Å²) in [6.07, 6.45) is -14.2. The number of para-hydroxylation sites is 1. The summed E-state index contributed by atoms with van der Waals surface area (Å²) in [4.78, 5) is 0. The van der Waals surface area contributed by atoms with Crippen LogP contribution in [0.4, 0.5) is 74.6 Å². The predicted octanol–water partition coefficient (Wildman–Crippen LogP) is 7.68. The van der Waals surface area contributed by atoms with Crippen LogP contribution in [0.1, 0.15) is 5.56 Å². The number of hydrogen-bond donors (Lipinski definition) is 0. The van der Waals surface area contributed by atoms with E-state index in [-0.39, 0.29) is 0 Å². The number of rotatable bonds is 9. The van der Waals surface area contributed by atoms with Crippen LogP contribution < -0.4 is 4.74 Å². The molecule has 0 saturated carbocycles. The Balaban J connectivity index is 3.63. The van der Waals surface area contributed by atoms with E-state index >= 15 is 0 Å². The number of hydrogen-bond acceptors (Lipinski definition) is 1. The first-order valence-electron chi connectivity index (χ1n) is 7.90. The molecule has 18 heteroatoms. The Hall–Kier alpha value is -2.43. The zero-order valence-corrected chi connectivity index (χ0v) is 15.4. The third-order valence-corrected chi connectivity index (χ3v) is 4.07. The number of alkyl halides is 17. The first-order chi connectivity index (χ1) is 14.8. The molecule has 0 N–H and O–H groups in total. The Labute approximate surface area is 176 Å². The summed E-state index contributed by atoms with van der Waals surface area (Å²) in [6, 6.07) is 2.78. The quantitative estimate of drug-likeness (QED) is 0.293. The molecular formula is C16H7F17O. The first kappa shape index (κ1) is 29.6. The Morgan fingerprint density at radius 2 is 0.882 bits per heavy atom. The standard InChI is InChI=1S/C16H7F17O/c1-2-7-5-3-4-6-8(7)34-16(32,33)14(27,28)12(23,24)10(19,20)9(17,18)11(21,22)13(25,26)15(29,30)31/h2-6H,1H2. The van der Waals surface area contributed by atoms with Gasteiger partial charge in [-0.1, -0.05) is 30.9 Å². The fraction of sp³-hybridized carbons (Fsp3) is 0.500. The van der Waals surface area contributed by atoms with Crippen LogP contribution in [0.5, 0.6) is 5.75 Å². The maximum atomic E-state index is 13.8. The molecule has 1 rings (SSSR count). The Kier molecular flexibility index (Phi) is 7.02. The van der Waals surface area contributed by atoms with Gasteiger partial charge in [-0.05, 0) is 6.07 Å². The summed E-state index contributed by atoms with van der Waals surface area (Å²) in [5.41, 5.74) is -0.699. The molecule has 0 aromatic heterocycles. The summed E-state index contributed by atoms with van der Waals surface area (Å²) in [6.45, 7) is 2.95. The molecule has 1 aromatic rings. The lowest BCUT2D eigenvalue weighted by Gasteiger charge is -2.42. The maximum Gasteiger partial charge on any atom is 0.471 e. The number of ether oxygens (including phenoxy) is 1. The molecule has 196 valence electrons. The molecule has 0 amide bonds. The van der Waals surface area contributed by atoms with Crippen molar-refractivity contribution in [2.45, 2.75) is 47.8 Å². The molecule has 0 unspecified atom stereocenters. The highest BCUT2D eigenvalue weighted by atomic mass is 19.4. The second-order valence-corrected chi connectivity index (χ2v) is 6.30. The van der Waals surface area contributed by atoms with Gasteiger partial charge < -0.3 is 4.74 Å². The first-order valence-corrected chi connectivity index (χ1v) is 7.90. The van der Waals surface area contributed by atoms with Gasteiger partial charge in [-0.25, -0.2) is 0 Å².